The summed E-state index contributed by atoms with van der Waals surface area (Å²) in [5.74, 6) is 3.42. The Morgan fingerprint density at radius 3 is 1.38 bits per heavy atom. The molecule has 1 N–H and O–H groups in total. The summed E-state index contributed by atoms with van der Waals surface area (Å²) in [4.78, 5) is 27.3. The molecule has 17 heteroatoms. The smallest absolute Gasteiger partial charge is 0.428 e. The number of hydrogen-bond donors (Lipinski definition) is 1. The van der Waals surface area contributed by atoms with Gasteiger partial charge in [0.2, 0.25) is 0 Å². The van der Waals surface area contributed by atoms with Crippen LogP contribution in [0.2, 0.25) is 0 Å². The van der Waals surface area contributed by atoms with E-state index in [9.17, 15) is 31.3 Å². The van der Waals surface area contributed by atoms with E-state index >= 15 is 0 Å². The van der Waals surface area contributed by atoms with Gasteiger partial charge in [-0.15, -0.1) is 0 Å². The zero-order chi connectivity index (χ0) is 65.6. The van der Waals surface area contributed by atoms with Crippen LogP contribution in [0.4, 0.5) is 8.78 Å². The second-order valence-corrected chi connectivity index (χ2v) is 27.4. The van der Waals surface area contributed by atoms with Crippen molar-refractivity contribution in [2.75, 3.05) is 33.0 Å². The van der Waals surface area contributed by atoms with Crippen LogP contribution in [0, 0.1) is 37.0 Å². The van der Waals surface area contributed by atoms with E-state index in [-0.39, 0.29) is 23.5 Å². The van der Waals surface area contributed by atoms with Crippen LogP contribution < -0.4 is 14.2 Å². The lowest BCUT2D eigenvalue weighted by molar-refractivity contribution is -0.176. The van der Waals surface area contributed by atoms with Gasteiger partial charge in [0, 0.05) is 18.7 Å². The number of hydrogen-bond acceptors (Lipinski definition) is 13. The third-order valence-corrected chi connectivity index (χ3v) is 20.1. The maximum absolute atomic E-state index is 12.9. The average molecular weight is 1280 g/mol. The second-order valence-electron chi connectivity index (χ2n) is 24.0. The van der Waals surface area contributed by atoms with Crippen molar-refractivity contribution in [3.8, 4) is 23.0 Å². The van der Waals surface area contributed by atoms with Gasteiger partial charge in [0.15, 0.2) is 37.4 Å². The molecular weight excluding hydrogens is 1190 g/mol. The molecule has 490 valence electrons. The third-order valence-electron chi connectivity index (χ3n) is 17.1. The number of carbonyl (C=O) groups is 2. The summed E-state index contributed by atoms with van der Waals surface area (Å²) < 4.78 is 94.8. The van der Waals surface area contributed by atoms with Crippen LogP contribution in [0.1, 0.15) is 166 Å². The van der Waals surface area contributed by atoms with E-state index in [0.717, 1.165) is 86.2 Å². The fourth-order valence-corrected chi connectivity index (χ4v) is 14.6. The van der Waals surface area contributed by atoms with Gasteiger partial charge in [-0.1, -0.05) is 114 Å². The normalized spacial score (nSPS) is 19.0. The lowest BCUT2D eigenvalue weighted by Crippen LogP contribution is -2.50. The van der Waals surface area contributed by atoms with Gasteiger partial charge in [0.05, 0.1) is 22.9 Å². The summed E-state index contributed by atoms with van der Waals surface area (Å²) in [5, 5.41) is 3.86. The Morgan fingerprint density at radius 1 is 0.578 bits per heavy atom. The number of rotatable bonds is 26. The molecule has 0 saturated heterocycles. The molecule has 0 amide bonds. The largest absolute Gasteiger partial charge is 0.743 e. The molecule has 0 heterocycles. The summed E-state index contributed by atoms with van der Waals surface area (Å²) in [6, 6.07) is 50.0. The molecule has 4 saturated carbocycles. The Morgan fingerprint density at radius 2 is 0.978 bits per heavy atom. The van der Waals surface area contributed by atoms with Crippen LogP contribution in [0.5, 0.6) is 23.0 Å². The molecule has 0 aromatic heterocycles. The molecule has 0 spiro atoms. The highest BCUT2D eigenvalue weighted by Crippen LogP contribution is 2.60. The number of aromatic hydroxyl groups is 1. The number of phenolic OH excluding ortho intramolecular Hbond substituents is 1. The molecule has 4 bridgehead atoms. The predicted octanol–water partition coefficient (Wildman–Crippen LogP) is 17.0. The van der Waals surface area contributed by atoms with Crippen molar-refractivity contribution in [3.05, 3.63) is 173 Å². The van der Waals surface area contributed by atoms with Gasteiger partial charge in [0.1, 0.15) is 42.8 Å². The van der Waals surface area contributed by atoms with Crippen LogP contribution in [0.25, 0.3) is 0 Å². The Kier molecular flexibility index (Phi) is 28.1. The Hall–Kier alpha value is -6.50. The first-order chi connectivity index (χ1) is 42.9. The summed E-state index contributed by atoms with van der Waals surface area (Å²) in [7, 11) is -6.33. The molecule has 4 aliphatic rings. The molecule has 4 fully saturated rings. The van der Waals surface area contributed by atoms with Gasteiger partial charge in [-0.3, -0.25) is 4.79 Å². The van der Waals surface area contributed by atoms with E-state index in [1.54, 1.807) is 12.1 Å². The van der Waals surface area contributed by atoms with E-state index in [0.29, 0.717) is 61.1 Å². The van der Waals surface area contributed by atoms with Crippen LogP contribution in [0.3, 0.4) is 0 Å². The van der Waals surface area contributed by atoms with Crippen molar-refractivity contribution in [2.45, 2.75) is 184 Å². The first-order valence-electron chi connectivity index (χ1n) is 31.7. The molecular formula is C73H94F2O13S2. The number of esters is 2. The van der Waals surface area contributed by atoms with E-state index < -0.39 is 45.9 Å². The first-order valence-corrected chi connectivity index (χ1v) is 34.3. The Balaban J connectivity index is 0.000000212. The zero-order valence-corrected chi connectivity index (χ0v) is 55.9. The van der Waals surface area contributed by atoms with Crippen molar-refractivity contribution < 1.29 is 69.6 Å². The highest BCUT2D eigenvalue weighted by Gasteiger charge is 2.55. The van der Waals surface area contributed by atoms with Gasteiger partial charge in [-0.05, 0) is 216 Å². The fourth-order valence-electron chi connectivity index (χ4n) is 12.0. The molecule has 5 atom stereocenters. The summed E-state index contributed by atoms with van der Waals surface area (Å²) >= 11 is 0. The molecule has 90 heavy (non-hydrogen) atoms. The number of phenols is 1. The van der Waals surface area contributed by atoms with Crippen LogP contribution in [-0.4, -0.2) is 80.9 Å². The third kappa shape index (κ3) is 21.0. The summed E-state index contributed by atoms with van der Waals surface area (Å²) in [5.41, 5.74) is 5.73. The van der Waals surface area contributed by atoms with Crippen molar-refractivity contribution in [1.82, 2.24) is 0 Å². The molecule has 6 aromatic rings. The average Bonchev–Trinajstić information content (AvgIpc) is 0.756. The van der Waals surface area contributed by atoms with Crippen LogP contribution in [0.15, 0.2) is 160 Å². The number of aryl methyl sites for hydroxylation is 2. The van der Waals surface area contributed by atoms with Crippen LogP contribution in [-0.2, 0) is 49.5 Å². The van der Waals surface area contributed by atoms with Gasteiger partial charge in [-0.25, -0.2) is 13.2 Å². The van der Waals surface area contributed by atoms with Crippen molar-refractivity contribution in [2.24, 2.45) is 23.2 Å². The molecule has 0 radical (unpaired) electrons. The minimum atomic E-state index is -6.15. The Labute approximate surface area is 536 Å². The molecule has 6 aromatic carbocycles. The van der Waals surface area contributed by atoms with Crippen molar-refractivity contribution in [1.29, 1.82) is 0 Å². The van der Waals surface area contributed by atoms with Gasteiger partial charge < -0.3 is 42.8 Å². The standard InChI is InChI=1S/C34H39O3S.C15H20F2O7S.C14H22O2.C10H14O/c1-6-25(2)29-17-19-30(20-18-29)37-28(5)35-21-22-36-34-26(3)23-33(24-27(34)4)38(31-13-9-7-10-14-31)32-15-11-8-12-16-32;16-15(17,25(20,21)22)13(19)24-2-1-23-12(18)14-6-9-3-10(7-14)5-11(4-9)8-14;1-5-11(3)13-7-9-14(10-8-13)16-12(4)15-6-2;1-3-8(2)9-4-6-10(11)7-5-9/h7-20,23-25,28H,6,21-22H2,1-5H3;9-11H,1-8H2,(H,20,21,22);7-12H,5-6H2,1-4H3;4-8,11H,3H2,1-2H3/q+1;;;/p-1. The maximum atomic E-state index is 12.9. The Bertz CT molecular complexity index is 3140. The highest BCUT2D eigenvalue weighted by molar-refractivity contribution is 7.97. The minimum Gasteiger partial charge on any atom is -0.743 e. The first kappa shape index (κ1) is 72.6. The van der Waals surface area contributed by atoms with E-state index in [1.165, 1.54) is 31.4 Å². The van der Waals surface area contributed by atoms with Crippen molar-refractivity contribution >= 4 is 33.0 Å². The number of carbonyl (C=O) groups excluding carboxylic acids is 2. The number of ether oxygens (including phenoxy) is 7. The SMILES string of the molecule is CCC(C)c1ccc(O)cc1.CCC(C)c1ccc(OC(C)OCCOc2c(C)cc([S+](c3ccccc3)c3ccccc3)cc2C)cc1.CCOC(C)Oc1ccc(C(C)CC)cc1.O=C(OCCOC(=O)C(F)(F)S(=O)(=O)[O-])C12CC3CC(CC(C3)C1)C2. The molecule has 4 aliphatic carbocycles. The quantitative estimate of drug-likeness (QED) is 0.0179. The van der Waals surface area contributed by atoms with Gasteiger partial charge in [-0.2, -0.15) is 8.78 Å². The minimum absolute atomic E-state index is 0.178. The fraction of sp³-hybridized carbons (Fsp3) is 0.479. The lowest BCUT2D eigenvalue weighted by Gasteiger charge is -2.55. The molecule has 10 rings (SSSR count). The predicted molar refractivity (Wildman–Crippen MR) is 348 cm³/mol. The number of benzene rings is 6. The van der Waals surface area contributed by atoms with Gasteiger partial charge in [0.25, 0.3) is 0 Å². The maximum Gasteiger partial charge on any atom is 0.428 e. The number of halogens is 2. The topological polar surface area (TPSA) is 176 Å². The molecule has 0 aliphatic heterocycles. The second kappa shape index (κ2) is 34.8. The number of alkyl halides is 2. The molecule has 13 nitrogen and oxygen atoms in total. The van der Waals surface area contributed by atoms with Crippen LogP contribution >= 0.6 is 0 Å². The lowest BCUT2D eigenvalue weighted by atomic mass is 9.49. The summed E-state index contributed by atoms with van der Waals surface area (Å²) in [6.07, 6.45) is 8.63. The zero-order valence-electron chi connectivity index (χ0n) is 54.3. The van der Waals surface area contributed by atoms with E-state index in [2.05, 4.69) is 157 Å². The summed E-state index contributed by atoms with van der Waals surface area (Å²) in [6.45, 7) is 23.7. The van der Waals surface area contributed by atoms with E-state index in [4.69, 9.17) is 33.5 Å². The molecule has 5 unspecified atom stereocenters. The van der Waals surface area contributed by atoms with E-state index in [1.807, 2.05) is 57.2 Å². The monoisotopic (exact) mass is 1280 g/mol. The van der Waals surface area contributed by atoms with Gasteiger partial charge >= 0.3 is 17.2 Å². The highest BCUT2D eigenvalue weighted by atomic mass is 32.2. The van der Waals surface area contributed by atoms with Crippen molar-refractivity contribution in [3.63, 3.8) is 0 Å².